The van der Waals surface area contributed by atoms with Crippen LogP contribution in [0.3, 0.4) is 0 Å². The van der Waals surface area contributed by atoms with Crippen molar-refractivity contribution in [1.29, 1.82) is 0 Å². The standard InChI is InChI=1S/C35H35F2N7O2/c36-25-15-22(16-26(37)18-25)14-24-17-31-33(20-30(24)23-2-1-7-39-21-23)42-43-34(31)41-35(45)29-4-3-28(44-10-8-38-9-11-44)19-32(29)40-27-5-12-46-13-6-27/h1-4,7,15-21,27,38,40H,5-6,8-14H2,(H2,41,42,43,45). The van der Waals surface area contributed by atoms with Crippen LogP contribution in [0, 0.1) is 11.6 Å². The van der Waals surface area contributed by atoms with Crippen LogP contribution in [-0.2, 0) is 11.2 Å². The molecule has 4 N–H and O–H groups in total. The summed E-state index contributed by atoms with van der Waals surface area (Å²) in [5.41, 5.74) is 6.06. The summed E-state index contributed by atoms with van der Waals surface area (Å²) < 4.78 is 33.8. The number of anilines is 3. The predicted octanol–water partition coefficient (Wildman–Crippen LogP) is 5.75. The molecule has 9 nitrogen and oxygen atoms in total. The highest BCUT2D eigenvalue weighted by atomic mass is 19.1. The van der Waals surface area contributed by atoms with Crippen LogP contribution in [0.1, 0.15) is 34.3 Å². The van der Waals surface area contributed by atoms with Crippen LogP contribution in [0.25, 0.3) is 22.0 Å². The van der Waals surface area contributed by atoms with Gasteiger partial charge in [0, 0.05) is 86.2 Å². The van der Waals surface area contributed by atoms with E-state index in [0.717, 1.165) is 73.2 Å². The molecule has 2 aliphatic heterocycles. The van der Waals surface area contributed by atoms with Crippen LogP contribution in [-0.4, -0.2) is 66.5 Å². The van der Waals surface area contributed by atoms with Gasteiger partial charge in [0.05, 0.1) is 11.1 Å². The molecule has 0 aliphatic carbocycles. The maximum atomic E-state index is 14.1. The zero-order valence-electron chi connectivity index (χ0n) is 25.3. The number of H-pyrrole nitrogens is 1. The van der Waals surface area contributed by atoms with Gasteiger partial charge in [-0.1, -0.05) is 6.07 Å². The van der Waals surface area contributed by atoms with Crippen molar-refractivity contribution in [2.24, 2.45) is 0 Å². The van der Waals surface area contributed by atoms with Crippen molar-refractivity contribution in [3.63, 3.8) is 0 Å². The fourth-order valence-corrected chi connectivity index (χ4v) is 6.28. The first-order chi connectivity index (χ1) is 22.5. The molecule has 4 heterocycles. The number of halogens is 2. The summed E-state index contributed by atoms with van der Waals surface area (Å²) in [5, 5.41) is 18.2. The number of aromatic nitrogens is 3. The molecule has 2 aromatic heterocycles. The van der Waals surface area contributed by atoms with E-state index in [1.807, 2.05) is 36.4 Å². The first kappa shape index (κ1) is 29.8. The molecule has 0 atom stereocenters. The van der Waals surface area contributed by atoms with E-state index in [2.05, 4.69) is 42.1 Å². The van der Waals surface area contributed by atoms with Gasteiger partial charge in [0.1, 0.15) is 11.6 Å². The van der Waals surface area contributed by atoms with Crippen molar-refractivity contribution in [2.75, 3.05) is 54.9 Å². The topological polar surface area (TPSA) is 107 Å². The number of ether oxygens (including phenoxy) is 1. The lowest BCUT2D eigenvalue weighted by Crippen LogP contribution is -2.43. The van der Waals surface area contributed by atoms with Gasteiger partial charge in [0.15, 0.2) is 5.82 Å². The van der Waals surface area contributed by atoms with Gasteiger partial charge in [-0.3, -0.25) is 14.9 Å². The van der Waals surface area contributed by atoms with Gasteiger partial charge in [0.2, 0.25) is 0 Å². The number of aromatic amines is 1. The summed E-state index contributed by atoms with van der Waals surface area (Å²) in [7, 11) is 0. The Balaban J connectivity index is 1.22. The third-order valence-corrected chi connectivity index (χ3v) is 8.62. The number of pyridine rings is 1. The van der Waals surface area contributed by atoms with Gasteiger partial charge in [-0.15, -0.1) is 0 Å². The number of benzene rings is 3. The SMILES string of the molecule is O=C(Nc1n[nH]c2cc(-c3cccnc3)c(Cc3cc(F)cc(F)c3)cc12)c1ccc(N2CCNCC2)cc1NC1CCOCC1. The monoisotopic (exact) mass is 623 g/mol. The third kappa shape index (κ3) is 6.56. The van der Waals surface area contributed by atoms with E-state index in [1.165, 1.54) is 12.1 Å². The van der Waals surface area contributed by atoms with Crippen LogP contribution >= 0.6 is 0 Å². The molecule has 2 fully saturated rings. The second-order valence-corrected chi connectivity index (χ2v) is 11.8. The minimum absolute atomic E-state index is 0.200. The number of piperazine rings is 1. The second kappa shape index (κ2) is 13.2. The molecule has 0 bridgehead atoms. The molecule has 2 aliphatic rings. The number of amides is 1. The lowest BCUT2D eigenvalue weighted by molar-refractivity contribution is 0.0904. The molecule has 3 aromatic carbocycles. The van der Waals surface area contributed by atoms with Gasteiger partial charge < -0.3 is 25.6 Å². The van der Waals surface area contributed by atoms with Crippen molar-refractivity contribution >= 4 is 34.0 Å². The molecule has 236 valence electrons. The number of fused-ring (bicyclic) bond motifs is 1. The maximum Gasteiger partial charge on any atom is 0.258 e. The van der Waals surface area contributed by atoms with Crippen molar-refractivity contribution < 1.29 is 18.3 Å². The number of carbonyl (C=O) groups excluding carboxylic acids is 1. The Morgan fingerprint density at radius 2 is 1.80 bits per heavy atom. The Kier molecular flexibility index (Phi) is 8.58. The molecule has 0 radical (unpaired) electrons. The number of hydrogen-bond acceptors (Lipinski definition) is 7. The van der Waals surface area contributed by atoms with E-state index in [1.54, 1.807) is 12.4 Å². The summed E-state index contributed by atoms with van der Waals surface area (Å²) in [6.45, 7) is 4.98. The van der Waals surface area contributed by atoms with Crippen molar-refractivity contribution in [1.82, 2.24) is 20.5 Å². The first-order valence-electron chi connectivity index (χ1n) is 15.6. The van der Waals surface area contributed by atoms with Crippen LogP contribution in [0.15, 0.2) is 73.1 Å². The van der Waals surface area contributed by atoms with Crippen LogP contribution in [0.5, 0.6) is 0 Å². The summed E-state index contributed by atoms with van der Waals surface area (Å²) in [6, 6.07) is 17.3. The molecule has 2 saturated heterocycles. The molecule has 0 unspecified atom stereocenters. The molecule has 0 saturated carbocycles. The maximum absolute atomic E-state index is 14.1. The molecular formula is C35H35F2N7O2. The summed E-state index contributed by atoms with van der Waals surface area (Å²) in [4.78, 5) is 20.5. The molecule has 7 rings (SSSR count). The zero-order chi connectivity index (χ0) is 31.5. The largest absolute Gasteiger partial charge is 0.381 e. The normalized spacial score (nSPS) is 15.7. The third-order valence-electron chi connectivity index (χ3n) is 8.62. The molecule has 5 aromatic rings. The van der Waals surface area contributed by atoms with Crippen LogP contribution < -0.4 is 20.9 Å². The summed E-state index contributed by atoms with van der Waals surface area (Å²) >= 11 is 0. The highest BCUT2D eigenvalue weighted by molar-refractivity contribution is 6.11. The number of hydrogen-bond donors (Lipinski definition) is 4. The van der Waals surface area contributed by atoms with E-state index in [4.69, 9.17) is 4.74 Å². The van der Waals surface area contributed by atoms with E-state index in [-0.39, 0.29) is 18.4 Å². The lowest BCUT2D eigenvalue weighted by Gasteiger charge is -2.31. The fraction of sp³-hybridized carbons (Fsp3) is 0.286. The molecule has 46 heavy (non-hydrogen) atoms. The van der Waals surface area contributed by atoms with Crippen molar-refractivity contribution in [3.05, 3.63) is 101 Å². The highest BCUT2D eigenvalue weighted by Gasteiger charge is 2.22. The number of nitrogens with zero attached hydrogens (tertiary/aromatic N) is 3. The number of rotatable bonds is 8. The fourth-order valence-electron chi connectivity index (χ4n) is 6.28. The van der Waals surface area contributed by atoms with Crippen molar-refractivity contribution in [3.8, 4) is 11.1 Å². The Morgan fingerprint density at radius 1 is 1.00 bits per heavy atom. The Labute approximate surface area is 265 Å². The molecule has 0 spiro atoms. The Hall–Kier alpha value is -4.87. The van der Waals surface area contributed by atoms with Crippen molar-refractivity contribution in [2.45, 2.75) is 25.3 Å². The molecule has 1 amide bonds. The minimum Gasteiger partial charge on any atom is -0.381 e. The summed E-state index contributed by atoms with van der Waals surface area (Å²) in [5.74, 6) is -1.20. The average Bonchev–Trinajstić information content (AvgIpc) is 3.46. The first-order valence-corrected chi connectivity index (χ1v) is 15.6. The van der Waals surface area contributed by atoms with Crippen LogP contribution in [0.2, 0.25) is 0 Å². The Bertz CT molecular complexity index is 1830. The van der Waals surface area contributed by atoms with Crippen LogP contribution in [0.4, 0.5) is 26.0 Å². The smallest absolute Gasteiger partial charge is 0.258 e. The van der Waals surface area contributed by atoms with Gasteiger partial charge in [0.25, 0.3) is 5.91 Å². The number of nitrogens with one attached hydrogen (secondary N) is 4. The van der Waals surface area contributed by atoms with E-state index < -0.39 is 11.6 Å². The average molecular weight is 624 g/mol. The number of carbonyl (C=O) groups is 1. The predicted molar refractivity (Wildman–Crippen MR) is 175 cm³/mol. The minimum atomic E-state index is -0.636. The Morgan fingerprint density at radius 3 is 2.57 bits per heavy atom. The lowest BCUT2D eigenvalue weighted by atomic mass is 9.94. The van der Waals surface area contributed by atoms with Gasteiger partial charge >= 0.3 is 0 Å². The van der Waals surface area contributed by atoms with E-state index >= 15 is 0 Å². The zero-order valence-corrected chi connectivity index (χ0v) is 25.3. The van der Waals surface area contributed by atoms with Gasteiger partial charge in [-0.2, -0.15) is 5.10 Å². The summed E-state index contributed by atoms with van der Waals surface area (Å²) in [6.07, 6.45) is 5.42. The molecular weight excluding hydrogens is 588 g/mol. The quantitative estimate of drug-likeness (QED) is 0.175. The van der Waals surface area contributed by atoms with Gasteiger partial charge in [-0.25, -0.2) is 8.78 Å². The van der Waals surface area contributed by atoms with Gasteiger partial charge in [-0.05, 0) is 84.5 Å². The van der Waals surface area contributed by atoms with E-state index in [0.29, 0.717) is 41.1 Å². The van der Waals surface area contributed by atoms with E-state index in [9.17, 15) is 13.6 Å². The molecule has 11 heteroatoms. The second-order valence-electron chi connectivity index (χ2n) is 11.8. The highest BCUT2D eigenvalue weighted by Crippen LogP contribution is 2.33.